The van der Waals surface area contributed by atoms with Gasteiger partial charge in [-0.1, -0.05) is 35.9 Å². The fourth-order valence-corrected chi connectivity index (χ4v) is 2.52. The topological polar surface area (TPSA) is 74.7 Å². The van der Waals surface area contributed by atoms with Crippen LogP contribution in [0.2, 0.25) is 5.02 Å². The number of hydrogen-bond donors (Lipinski definition) is 1. The van der Waals surface area contributed by atoms with Crippen molar-refractivity contribution in [3.63, 3.8) is 0 Å². The summed E-state index contributed by atoms with van der Waals surface area (Å²) >= 11 is 5.87. The van der Waals surface area contributed by atoms with Crippen molar-refractivity contribution in [1.29, 1.82) is 5.26 Å². The second-order valence-electron chi connectivity index (χ2n) is 5.42. The molecule has 120 valence electrons. The first kappa shape index (κ1) is 16.2. The molecule has 1 aromatic heterocycles. The first-order chi connectivity index (χ1) is 11.6. The van der Waals surface area contributed by atoms with Gasteiger partial charge in [0.1, 0.15) is 5.82 Å². The average Bonchev–Trinajstić information content (AvgIpc) is 2.96. The minimum absolute atomic E-state index is 0.290. The van der Waals surface area contributed by atoms with Crippen molar-refractivity contribution in [3.8, 4) is 17.5 Å². The van der Waals surface area contributed by atoms with E-state index in [0.29, 0.717) is 28.8 Å². The summed E-state index contributed by atoms with van der Waals surface area (Å²) in [7, 11) is 0. The van der Waals surface area contributed by atoms with Crippen LogP contribution in [0.15, 0.2) is 48.5 Å². The van der Waals surface area contributed by atoms with Crippen LogP contribution in [0.3, 0.4) is 0 Å². The van der Waals surface area contributed by atoms with Crippen LogP contribution in [0.25, 0.3) is 11.4 Å². The Morgan fingerprint density at radius 2 is 2.00 bits per heavy atom. The van der Waals surface area contributed by atoms with Crippen LogP contribution in [0, 0.1) is 18.3 Å². The quantitative estimate of drug-likeness (QED) is 0.789. The van der Waals surface area contributed by atoms with Crippen molar-refractivity contribution in [3.05, 3.63) is 70.5 Å². The minimum atomic E-state index is -0.707. The zero-order chi connectivity index (χ0) is 17.1. The van der Waals surface area contributed by atoms with Crippen LogP contribution < -0.4 is 0 Å². The highest BCUT2D eigenvalue weighted by Gasteiger charge is 2.14. The van der Waals surface area contributed by atoms with Gasteiger partial charge in [-0.25, -0.2) is 9.67 Å². The fourth-order valence-electron chi connectivity index (χ4n) is 2.40. The average molecular weight is 339 g/mol. The molecule has 2 aromatic carbocycles. The molecular weight excluding hydrogens is 324 g/mol. The summed E-state index contributed by atoms with van der Waals surface area (Å²) in [6, 6.07) is 16.3. The molecule has 3 aromatic rings. The van der Waals surface area contributed by atoms with Crippen LogP contribution >= 0.6 is 11.6 Å². The van der Waals surface area contributed by atoms with E-state index in [9.17, 15) is 5.11 Å². The summed E-state index contributed by atoms with van der Waals surface area (Å²) in [5.41, 5.74) is 2.10. The molecular formula is C18H15ClN4O. The van der Waals surface area contributed by atoms with Gasteiger partial charge in [-0.2, -0.15) is 10.4 Å². The number of aromatic nitrogens is 3. The minimum Gasteiger partial charge on any atom is -0.386 e. The molecule has 0 fully saturated rings. The number of hydrogen-bond acceptors (Lipinski definition) is 4. The van der Waals surface area contributed by atoms with Crippen molar-refractivity contribution < 1.29 is 5.11 Å². The smallest absolute Gasteiger partial charge is 0.181 e. The highest BCUT2D eigenvalue weighted by molar-refractivity contribution is 6.30. The number of aryl methyl sites for hydroxylation is 1. The van der Waals surface area contributed by atoms with E-state index >= 15 is 0 Å². The Bertz CT molecular complexity index is 896. The van der Waals surface area contributed by atoms with E-state index in [1.54, 1.807) is 47.1 Å². The molecule has 0 spiro atoms. The molecule has 0 saturated carbocycles. The molecule has 5 nitrogen and oxygen atoms in total. The molecule has 1 unspecified atom stereocenters. The number of rotatable bonds is 4. The Morgan fingerprint density at radius 1 is 1.25 bits per heavy atom. The van der Waals surface area contributed by atoms with Gasteiger partial charge in [-0.15, -0.1) is 0 Å². The predicted octanol–water partition coefficient (Wildman–Crippen LogP) is 3.51. The summed E-state index contributed by atoms with van der Waals surface area (Å²) in [5.74, 6) is 1.23. The summed E-state index contributed by atoms with van der Waals surface area (Å²) in [6.07, 6.45) is -0.707. The summed E-state index contributed by atoms with van der Waals surface area (Å²) < 4.78 is 1.66. The highest BCUT2D eigenvalue weighted by atomic mass is 35.5. The maximum atomic E-state index is 10.4. The molecule has 0 aliphatic heterocycles. The Balaban J connectivity index is 1.83. The Kier molecular flexibility index (Phi) is 4.61. The first-order valence-corrected chi connectivity index (χ1v) is 7.80. The summed E-state index contributed by atoms with van der Waals surface area (Å²) in [5, 5.41) is 24.4. The predicted molar refractivity (Wildman–Crippen MR) is 91.3 cm³/mol. The third-order valence-corrected chi connectivity index (χ3v) is 3.96. The lowest BCUT2D eigenvalue weighted by molar-refractivity contribution is 0.150. The SMILES string of the molecule is Cc1nc(-c2cccc(C#N)c2)nn1CC(O)c1ccc(Cl)cc1. The highest BCUT2D eigenvalue weighted by Crippen LogP contribution is 2.21. The largest absolute Gasteiger partial charge is 0.386 e. The lowest BCUT2D eigenvalue weighted by atomic mass is 10.1. The first-order valence-electron chi connectivity index (χ1n) is 7.42. The second-order valence-corrected chi connectivity index (χ2v) is 5.86. The van der Waals surface area contributed by atoms with Gasteiger partial charge in [0.2, 0.25) is 0 Å². The van der Waals surface area contributed by atoms with Gasteiger partial charge in [-0.3, -0.25) is 0 Å². The van der Waals surface area contributed by atoms with Gasteiger partial charge in [0.25, 0.3) is 0 Å². The van der Waals surface area contributed by atoms with Crippen molar-refractivity contribution in [2.45, 2.75) is 19.6 Å². The fraction of sp³-hybridized carbons (Fsp3) is 0.167. The lowest BCUT2D eigenvalue weighted by Gasteiger charge is -2.11. The number of nitrogens with zero attached hydrogens (tertiary/aromatic N) is 4. The summed E-state index contributed by atoms with van der Waals surface area (Å²) in [6.45, 7) is 2.12. The molecule has 0 bridgehead atoms. The van der Waals surface area contributed by atoms with Crippen LogP contribution in [0.1, 0.15) is 23.1 Å². The molecule has 3 rings (SSSR count). The van der Waals surface area contributed by atoms with Crippen LogP contribution in [-0.4, -0.2) is 19.9 Å². The van der Waals surface area contributed by atoms with E-state index in [2.05, 4.69) is 16.2 Å². The Labute approximate surface area is 144 Å². The van der Waals surface area contributed by atoms with Gasteiger partial charge in [0.05, 0.1) is 24.3 Å². The van der Waals surface area contributed by atoms with Crippen molar-refractivity contribution in [2.24, 2.45) is 0 Å². The molecule has 24 heavy (non-hydrogen) atoms. The number of nitriles is 1. The van der Waals surface area contributed by atoms with E-state index in [1.165, 1.54) is 0 Å². The molecule has 0 aliphatic carbocycles. The van der Waals surface area contributed by atoms with Crippen LogP contribution in [-0.2, 0) is 6.54 Å². The van der Waals surface area contributed by atoms with E-state index in [-0.39, 0.29) is 0 Å². The normalized spacial score (nSPS) is 11.9. The van der Waals surface area contributed by atoms with Gasteiger partial charge < -0.3 is 5.11 Å². The third kappa shape index (κ3) is 3.46. The van der Waals surface area contributed by atoms with Gasteiger partial charge >= 0.3 is 0 Å². The Morgan fingerprint density at radius 3 is 2.71 bits per heavy atom. The van der Waals surface area contributed by atoms with E-state index in [1.807, 2.05) is 13.0 Å². The monoisotopic (exact) mass is 338 g/mol. The van der Waals surface area contributed by atoms with Crippen molar-refractivity contribution >= 4 is 11.6 Å². The number of benzene rings is 2. The lowest BCUT2D eigenvalue weighted by Crippen LogP contribution is -2.11. The standard InChI is InChI=1S/C18H15ClN4O/c1-12-21-18(15-4-2-3-13(9-15)10-20)22-23(12)11-17(24)14-5-7-16(19)8-6-14/h2-9,17,24H,11H2,1H3. The molecule has 0 aliphatic rings. The zero-order valence-electron chi connectivity index (χ0n) is 13.0. The van der Waals surface area contributed by atoms with Gasteiger partial charge in [0, 0.05) is 10.6 Å². The number of aliphatic hydroxyl groups is 1. The molecule has 1 heterocycles. The summed E-state index contributed by atoms with van der Waals surface area (Å²) in [4.78, 5) is 4.43. The molecule has 6 heteroatoms. The van der Waals surface area contributed by atoms with Crippen molar-refractivity contribution in [1.82, 2.24) is 14.8 Å². The maximum absolute atomic E-state index is 10.4. The maximum Gasteiger partial charge on any atom is 0.181 e. The third-order valence-electron chi connectivity index (χ3n) is 3.71. The van der Waals surface area contributed by atoms with E-state index in [0.717, 1.165) is 11.1 Å². The van der Waals surface area contributed by atoms with Crippen molar-refractivity contribution in [2.75, 3.05) is 0 Å². The van der Waals surface area contributed by atoms with Gasteiger partial charge in [-0.05, 0) is 36.8 Å². The number of halogens is 1. The molecule has 0 saturated heterocycles. The zero-order valence-corrected chi connectivity index (χ0v) is 13.8. The van der Waals surface area contributed by atoms with Crippen LogP contribution in [0.4, 0.5) is 0 Å². The molecule has 0 amide bonds. The van der Waals surface area contributed by atoms with E-state index in [4.69, 9.17) is 16.9 Å². The molecule has 1 atom stereocenters. The van der Waals surface area contributed by atoms with E-state index < -0.39 is 6.10 Å². The Hall–Kier alpha value is -2.68. The number of aliphatic hydroxyl groups excluding tert-OH is 1. The van der Waals surface area contributed by atoms with Gasteiger partial charge in [0.15, 0.2) is 5.82 Å². The van der Waals surface area contributed by atoms with Crippen LogP contribution in [0.5, 0.6) is 0 Å². The molecule has 0 radical (unpaired) electrons. The second kappa shape index (κ2) is 6.83. The molecule has 1 N–H and O–H groups in total.